The molecule has 1 N–H and O–H groups in total. The number of anilines is 1. The molecule has 0 aliphatic heterocycles. The highest BCUT2D eigenvalue weighted by molar-refractivity contribution is 7.10. The number of hydrogen-bond acceptors (Lipinski definition) is 5. The molecule has 0 unspecified atom stereocenters. The number of carbonyl (C=O) groups excluding carboxylic acids is 2. The largest absolute Gasteiger partial charge is 0.443 e. The third kappa shape index (κ3) is 3.92. The van der Waals surface area contributed by atoms with E-state index in [1.807, 2.05) is 0 Å². The van der Waals surface area contributed by atoms with Crippen molar-refractivity contribution < 1.29 is 22.8 Å². The second-order valence-electron chi connectivity index (χ2n) is 4.93. The van der Waals surface area contributed by atoms with Crippen LogP contribution in [0.3, 0.4) is 0 Å². The molecule has 0 spiro atoms. The van der Waals surface area contributed by atoms with E-state index in [9.17, 15) is 22.8 Å². The number of alkyl halides is 3. The first-order valence-corrected chi connectivity index (χ1v) is 7.40. The lowest BCUT2D eigenvalue weighted by molar-refractivity contribution is -0.137. The van der Waals surface area contributed by atoms with Crippen molar-refractivity contribution >= 4 is 28.7 Å². The van der Waals surface area contributed by atoms with Crippen molar-refractivity contribution in [1.82, 2.24) is 9.97 Å². The summed E-state index contributed by atoms with van der Waals surface area (Å²) in [6.45, 7) is 3.38. The van der Waals surface area contributed by atoms with Gasteiger partial charge in [-0.15, -0.1) is 11.3 Å². The molecule has 0 aliphatic rings. The van der Waals surface area contributed by atoms with E-state index in [1.165, 1.54) is 18.5 Å². The first-order chi connectivity index (χ1) is 10.7. The Labute approximate surface area is 133 Å². The zero-order valence-electron chi connectivity index (χ0n) is 12.1. The number of thiazole rings is 1. The summed E-state index contributed by atoms with van der Waals surface area (Å²) in [5.74, 6) is -1.37. The first kappa shape index (κ1) is 17.1. The lowest BCUT2D eigenvalue weighted by Crippen LogP contribution is -2.17. The Morgan fingerprint density at radius 3 is 2.57 bits per heavy atom. The van der Waals surface area contributed by atoms with Crippen LogP contribution < -0.4 is 5.32 Å². The molecule has 2 aromatic rings. The Hall–Kier alpha value is -2.29. The van der Waals surface area contributed by atoms with Crippen molar-refractivity contribution in [3.05, 3.63) is 40.1 Å². The summed E-state index contributed by atoms with van der Waals surface area (Å²) in [4.78, 5) is 31.2. The number of hydrogen-bond donors (Lipinski definition) is 1. The monoisotopic (exact) mass is 343 g/mol. The zero-order valence-corrected chi connectivity index (χ0v) is 13.0. The van der Waals surface area contributed by atoms with Crippen LogP contribution in [-0.2, 0) is 6.18 Å². The summed E-state index contributed by atoms with van der Waals surface area (Å²) in [5, 5.41) is 2.32. The van der Waals surface area contributed by atoms with Crippen molar-refractivity contribution in [3.63, 3.8) is 0 Å². The Bertz CT molecular complexity index is 741. The van der Waals surface area contributed by atoms with Crippen molar-refractivity contribution in [1.29, 1.82) is 0 Å². The van der Waals surface area contributed by atoms with Gasteiger partial charge in [0.15, 0.2) is 10.8 Å². The fourth-order valence-electron chi connectivity index (χ4n) is 1.71. The normalized spacial score (nSPS) is 11.6. The highest BCUT2D eigenvalue weighted by Crippen LogP contribution is 2.31. The lowest BCUT2D eigenvalue weighted by Gasteiger charge is -2.10. The van der Waals surface area contributed by atoms with Gasteiger partial charge in [0.25, 0.3) is 5.91 Å². The van der Waals surface area contributed by atoms with Gasteiger partial charge in [0.05, 0.1) is 11.3 Å². The minimum atomic E-state index is -4.60. The topological polar surface area (TPSA) is 72.0 Å². The van der Waals surface area contributed by atoms with Gasteiger partial charge < -0.3 is 5.32 Å². The quantitative estimate of drug-likeness (QED) is 0.860. The molecule has 0 saturated heterocycles. The Morgan fingerprint density at radius 1 is 1.30 bits per heavy atom. The predicted octanol–water partition coefficient (Wildman–Crippen LogP) is 3.65. The van der Waals surface area contributed by atoms with E-state index >= 15 is 0 Å². The molecule has 2 heterocycles. The van der Waals surface area contributed by atoms with Crippen LogP contribution in [0.2, 0.25) is 0 Å². The number of pyridine rings is 1. The van der Waals surface area contributed by atoms with Gasteiger partial charge in [0, 0.05) is 23.7 Å². The first-order valence-electron chi connectivity index (χ1n) is 6.52. The average molecular weight is 343 g/mol. The fourth-order valence-corrected chi connectivity index (χ4v) is 2.37. The average Bonchev–Trinajstić information content (AvgIpc) is 2.97. The van der Waals surface area contributed by atoms with Crippen LogP contribution in [0.25, 0.3) is 0 Å². The minimum Gasteiger partial charge on any atom is -0.320 e. The molecule has 5 nitrogen and oxygen atoms in total. The van der Waals surface area contributed by atoms with Crippen molar-refractivity contribution in [2.75, 3.05) is 5.32 Å². The van der Waals surface area contributed by atoms with Crippen molar-refractivity contribution in [2.45, 2.75) is 20.0 Å². The van der Waals surface area contributed by atoms with Crippen LogP contribution in [0.4, 0.5) is 18.9 Å². The Kier molecular flexibility index (Phi) is 4.79. The Morgan fingerprint density at radius 2 is 2.00 bits per heavy atom. The number of ketones is 1. The highest BCUT2D eigenvalue weighted by Gasteiger charge is 2.35. The van der Waals surface area contributed by atoms with E-state index in [2.05, 4.69) is 15.3 Å². The van der Waals surface area contributed by atoms with Gasteiger partial charge >= 0.3 is 6.18 Å². The molecule has 122 valence electrons. The number of aromatic nitrogens is 2. The Balaban J connectivity index is 2.24. The number of carbonyl (C=O) groups is 2. The van der Waals surface area contributed by atoms with E-state index in [-0.39, 0.29) is 28.6 Å². The van der Waals surface area contributed by atoms with Gasteiger partial charge in [-0.05, 0) is 6.07 Å². The number of rotatable bonds is 4. The van der Waals surface area contributed by atoms with E-state index in [0.29, 0.717) is 11.3 Å². The van der Waals surface area contributed by atoms with Gasteiger partial charge in [-0.2, -0.15) is 13.2 Å². The van der Waals surface area contributed by atoms with E-state index in [1.54, 1.807) is 13.8 Å². The SMILES string of the molecule is CC(C)C(=O)c1cnccc1NC(=O)c1csc(C(F)(F)F)n1. The molecule has 2 aromatic heterocycles. The van der Waals surface area contributed by atoms with E-state index in [0.717, 1.165) is 5.38 Å². The third-order valence-electron chi connectivity index (χ3n) is 2.84. The molecule has 0 atom stereocenters. The molecular formula is C14H12F3N3O2S. The molecule has 0 aliphatic carbocycles. The minimum absolute atomic E-state index is 0.185. The zero-order chi connectivity index (χ0) is 17.2. The van der Waals surface area contributed by atoms with Gasteiger partial charge in [-0.1, -0.05) is 13.8 Å². The predicted molar refractivity (Wildman–Crippen MR) is 78.5 cm³/mol. The molecule has 0 bridgehead atoms. The van der Waals surface area contributed by atoms with Crippen LogP contribution in [0.1, 0.15) is 39.7 Å². The summed E-state index contributed by atoms with van der Waals surface area (Å²) < 4.78 is 37.5. The second kappa shape index (κ2) is 6.45. The van der Waals surface area contributed by atoms with Crippen LogP contribution in [0.5, 0.6) is 0 Å². The molecule has 0 radical (unpaired) electrons. The maximum atomic E-state index is 12.5. The van der Waals surface area contributed by atoms with Crippen LogP contribution in [0.15, 0.2) is 23.8 Å². The molecule has 23 heavy (non-hydrogen) atoms. The standard InChI is InChI=1S/C14H12F3N3O2S/c1-7(2)11(21)8-5-18-4-3-9(8)19-12(22)10-6-23-13(20-10)14(15,16)17/h3-7H,1-2H3,(H,18,19,22). The van der Waals surface area contributed by atoms with Gasteiger partial charge in [0.2, 0.25) is 0 Å². The fraction of sp³-hybridized carbons (Fsp3) is 0.286. The summed E-state index contributed by atoms with van der Waals surface area (Å²) >= 11 is 0.335. The van der Waals surface area contributed by atoms with Gasteiger partial charge in [-0.3, -0.25) is 14.6 Å². The van der Waals surface area contributed by atoms with Crippen LogP contribution in [-0.4, -0.2) is 21.7 Å². The number of amides is 1. The molecule has 1 amide bonds. The maximum absolute atomic E-state index is 12.5. The summed E-state index contributed by atoms with van der Waals surface area (Å²) in [6.07, 6.45) is -1.92. The molecular weight excluding hydrogens is 331 g/mol. The molecule has 0 fully saturated rings. The molecule has 9 heteroatoms. The van der Waals surface area contributed by atoms with Crippen molar-refractivity contribution in [3.8, 4) is 0 Å². The lowest BCUT2D eigenvalue weighted by atomic mass is 10.0. The summed E-state index contributed by atoms with van der Waals surface area (Å²) in [6, 6.07) is 1.41. The van der Waals surface area contributed by atoms with Crippen molar-refractivity contribution in [2.24, 2.45) is 5.92 Å². The van der Waals surface area contributed by atoms with Crippen LogP contribution in [0, 0.1) is 5.92 Å². The molecule has 2 rings (SSSR count). The van der Waals surface area contributed by atoms with Gasteiger partial charge in [-0.25, -0.2) is 4.98 Å². The second-order valence-corrected chi connectivity index (χ2v) is 5.79. The number of halogens is 3. The number of nitrogens with zero attached hydrogens (tertiary/aromatic N) is 2. The molecule has 0 saturated carbocycles. The maximum Gasteiger partial charge on any atom is 0.443 e. The number of nitrogens with one attached hydrogen (secondary N) is 1. The van der Waals surface area contributed by atoms with E-state index < -0.39 is 17.1 Å². The summed E-state index contributed by atoms with van der Waals surface area (Å²) in [5.41, 5.74) is 0.0227. The number of Topliss-reactive ketones (excluding diaryl/α,β-unsaturated/α-hetero) is 1. The third-order valence-corrected chi connectivity index (χ3v) is 3.73. The molecule has 0 aromatic carbocycles. The summed E-state index contributed by atoms with van der Waals surface area (Å²) in [7, 11) is 0. The highest BCUT2D eigenvalue weighted by atomic mass is 32.1. The van der Waals surface area contributed by atoms with Gasteiger partial charge in [0.1, 0.15) is 5.69 Å². The van der Waals surface area contributed by atoms with E-state index in [4.69, 9.17) is 0 Å². The smallest absolute Gasteiger partial charge is 0.320 e. The van der Waals surface area contributed by atoms with Crippen LogP contribution >= 0.6 is 11.3 Å².